The summed E-state index contributed by atoms with van der Waals surface area (Å²) >= 11 is 0. The molecule has 2 saturated heterocycles. The van der Waals surface area contributed by atoms with E-state index in [2.05, 4.69) is 4.72 Å². The third-order valence-corrected chi connectivity index (χ3v) is 9.37. The SMILES string of the molecule is COc1ccc(S(=O)(=O)NC[C@@H]2CCCO2)cc1N1CCN(S(=O)(=O)c2ccccc2F)CC1. The predicted octanol–water partition coefficient (Wildman–Crippen LogP) is 1.80. The fraction of sp³-hybridized carbons (Fsp3) is 0.455. The fourth-order valence-corrected chi connectivity index (χ4v) is 6.71. The average molecular weight is 514 g/mol. The second kappa shape index (κ2) is 10.2. The molecule has 186 valence electrons. The quantitative estimate of drug-likeness (QED) is 0.574. The van der Waals surface area contributed by atoms with Crippen LogP contribution in [0.3, 0.4) is 0 Å². The van der Waals surface area contributed by atoms with E-state index in [4.69, 9.17) is 9.47 Å². The molecule has 2 aromatic carbocycles. The highest BCUT2D eigenvalue weighted by Gasteiger charge is 2.31. The Labute approximate surface area is 199 Å². The van der Waals surface area contributed by atoms with Crippen molar-refractivity contribution in [1.82, 2.24) is 9.03 Å². The summed E-state index contributed by atoms with van der Waals surface area (Å²) in [6.07, 6.45) is 1.60. The van der Waals surface area contributed by atoms with Crippen LogP contribution in [-0.2, 0) is 24.8 Å². The van der Waals surface area contributed by atoms with Crippen LogP contribution >= 0.6 is 0 Å². The lowest BCUT2D eigenvalue weighted by Crippen LogP contribution is -2.49. The molecule has 9 nitrogen and oxygen atoms in total. The number of ether oxygens (including phenoxy) is 2. The molecular formula is C22H28FN3O6S2. The van der Waals surface area contributed by atoms with Crippen LogP contribution in [0.2, 0.25) is 0 Å². The van der Waals surface area contributed by atoms with E-state index >= 15 is 0 Å². The van der Waals surface area contributed by atoms with Crippen molar-refractivity contribution >= 4 is 25.7 Å². The first-order valence-corrected chi connectivity index (χ1v) is 13.9. The summed E-state index contributed by atoms with van der Waals surface area (Å²) < 4.78 is 80.3. The monoisotopic (exact) mass is 513 g/mol. The molecule has 12 heteroatoms. The maximum absolute atomic E-state index is 14.1. The van der Waals surface area contributed by atoms with Crippen LogP contribution in [0.15, 0.2) is 52.3 Å². The van der Waals surface area contributed by atoms with Crippen molar-refractivity contribution in [2.45, 2.75) is 28.7 Å². The van der Waals surface area contributed by atoms with E-state index in [1.807, 2.05) is 4.90 Å². The smallest absolute Gasteiger partial charge is 0.246 e. The summed E-state index contributed by atoms with van der Waals surface area (Å²) in [6.45, 7) is 1.66. The minimum absolute atomic E-state index is 0.0858. The number of nitrogens with zero attached hydrogens (tertiary/aromatic N) is 2. The molecule has 2 aromatic rings. The van der Waals surface area contributed by atoms with Gasteiger partial charge < -0.3 is 14.4 Å². The highest BCUT2D eigenvalue weighted by atomic mass is 32.2. The fourth-order valence-electron chi connectivity index (χ4n) is 4.14. The van der Waals surface area contributed by atoms with E-state index in [0.717, 1.165) is 18.9 Å². The van der Waals surface area contributed by atoms with Crippen LogP contribution in [0.4, 0.5) is 10.1 Å². The summed E-state index contributed by atoms with van der Waals surface area (Å²) in [6, 6.07) is 9.87. The van der Waals surface area contributed by atoms with Crippen LogP contribution < -0.4 is 14.4 Å². The minimum atomic E-state index is -3.98. The number of halogens is 1. The van der Waals surface area contributed by atoms with Gasteiger partial charge in [-0.3, -0.25) is 0 Å². The first kappa shape index (κ1) is 24.9. The molecule has 2 aliphatic rings. The zero-order valence-corrected chi connectivity index (χ0v) is 20.4. The molecule has 34 heavy (non-hydrogen) atoms. The van der Waals surface area contributed by atoms with E-state index in [9.17, 15) is 21.2 Å². The Hall–Kier alpha value is -2.25. The van der Waals surface area contributed by atoms with Crippen molar-refractivity contribution in [1.29, 1.82) is 0 Å². The van der Waals surface area contributed by atoms with Crippen molar-refractivity contribution in [3.8, 4) is 5.75 Å². The Morgan fingerprint density at radius 2 is 1.82 bits per heavy atom. The van der Waals surface area contributed by atoms with E-state index in [-0.39, 0.29) is 48.6 Å². The van der Waals surface area contributed by atoms with E-state index in [1.165, 1.54) is 41.7 Å². The lowest BCUT2D eigenvalue weighted by Gasteiger charge is -2.36. The zero-order chi connectivity index (χ0) is 24.3. The Bertz CT molecular complexity index is 1220. The molecule has 0 saturated carbocycles. The van der Waals surface area contributed by atoms with Crippen LogP contribution in [0.25, 0.3) is 0 Å². The molecule has 0 unspecified atom stereocenters. The molecule has 0 bridgehead atoms. The topological polar surface area (TPSA) is 105 Å². The summed E-state index contributed by atoms with van der Waals surface area (Å²) in [7, 11) is -6.26. The van der Waals surface area contributed by atoms with E-state index in [1.54, 1.807) is 6.07 Å². The van der Waals surface area contributed by atoms with Gasteiger partial charge >= 0.3 is 0 Å². The third kappa shape index (κ3) is 5.20. The molecule has 0 amide bonds. The summed E-state index contributed by atoms with van der Waals surface area (Å²) in [5.74, 6) is -0.316. The maximum Gasteiger partial charge on any atom is 0.246 e. The van der Waals surface area contributed by atoms with E-state index < -0.39 is 25.9 Å². The molecule has 0 radical (unpaired) electrons. The molecule has 2 heterocycles. The van der Waals surface area contributed by atoms with Crippen LogP contribution in [0, 0.1) is 5.82 Å². The third-order valence-electron chi connectivity index (χ3n) is 6.02. The van der Waals surface area contributed by atoms with Gasteiger partial charge in [0, 0.05) is 39.3 Å². The summed E-state index contributed by atoms with van der Waals surface area (Å²) in [5, 5.41) is 0. The van der Waals surface area contributed by atoms with Crippen molar-refractivity contribution in [3.05, 3.63) is 48.3 Å². The lowest BCUT2D eigenvalue weighted by atomic mass is 10.2. The van der Waals surface area contributed by atoms with Crippen molar-refractivity contribution in [2.24, 2.45) is 0 Å². The standard InChI is InChI=1S/C22H28FN3O6S2/c1-31-21-9-8-18(33(27,28)24-16-17-5-4-14-32-17)15-20(21)25-10-12-26(13-11-25)34(29,30)22-7-3-2-6-19(22)23/h2-3,6-9,15,17,24H,4-5,10-14,16H2,1H3/t17-/m0/s1. The largest absolute Gasteiger partial charge is 0.495 e. The predicted molar refractivity (Wildman–Crippen MR) is 125 cm³/mol. The van der Waals surface area contributed by atoms with Gasteiger partial charge in [-0.15, -0.1) is 0 Å². The number of nitrogens with one attached hydrogen (secondary N) is 1. The molecule has 4 rings (SSSR count). The van der Waals surface area contributed by atoms with Gasteiger partial charge in [-0.25, -0.2) is 25.9 Å². The highest BCUT2D eigenvalue weighted by Crippen LogP contribution is 2.32. The number of hydrogen-bond donors (Lipinski definition) is 1. The van der Waals surface area contributed by atoms with Gasteiger partial charge in [0.25, 0.3) is 0 Å². The van der Waals surface area contributed by atoms with Gasteiger partial charge in [0.15, 0.2) is 0 Å². The van der Waals surface area contributed by atoms with Gasteiger partial charge in [0.2, 0.25) is 20.0 Å². The summed E-state index contributed by atoms with van der Waals surface area (Å²) in [5.41, 5.74) is 0.547. The maximum atomic E-state index is 14.1. The van der Waals surface area contributed by atoms with Gasteiger partial charge in [-0.1, -0.05) is 12.1 Å². The van der Waals surface area contributed by atoms with Crippen molar-refractivity contribution in [3.63, 3.8) is 0 Å². The number of hydrogen-bond acceptors (Lipinski definition) is 7. The molecular weight excluding hydrogens is 485 g/mol. The van der Waals surface area contributed by atoms with Gasteiger partial charge in [-0.2, -0.15) is 4.31 Å². The van der Waals surface area contributed by atoms with Crippen molar-refractivity contribution in [2.75, 3.05) is 51.3 Å². The molecule has 1 atom stereocenters. The lowest BCUT2D eigenvalue weighted by molar-refractivity contribution is 0.114. The molecule has 0 spiro atoms. The number of piperazine rings is 1. The minimum Gasteiger partial charge on any atom is -0.495 e. The molecule has 0 aromatic heterocycles. The molecule has 1 N–H and O–H groups in total. The van der Waals surface area contributed by atoms with Crippen molar-refractivity contribution < 1.29 is 30.7 Å². The summed E-state index contributed by atoms with van der Waals surface area (Å²) in [4.78, 5) is 1.60. The van der Waals surface area contributed by atoms with Gasteiger partial charge in [0.1, 0.15) is 16.5 Å². The first-order valence-electron chi connectivity index (χ1n) is 11.0. The number of benzene rings is 2. The first-order chi connectivity index (χ1) is 16.2. The van der Waals surface area contributed by atoms with E-state index in [0.29, 0.717) is 18.0 Å². The molecule has 2 fully saturated rings. The molecule has 0 aliphatic carbocycles. The van der Waals surface area contributed by atoms with Crippen LogP contribution in [0.5, 0.6) is 5.75 Å². The second-order valence-electron chi connectivity index (χ2n) is 8.14. The Morgan fingerprint density at radius 3 is 2.47 bits per heavy atom. The van der Waals surface area contributed by atoms with Crippen LogP contribution in [-0.4, -0.2) is 73.7 Å². The molecule has 2 aliphatic heterocycles. The highest BCUT2D eigenvalue weighted by molar-refractivity contribution is 7.89. The number of rotatable bonds is 8. The zero-order valence-electron chi connectivity index (χ0n) is 18.8. The Kier molecular flexibility index (Phi) is 7.43. The van der Waals surface area contributed by atoms with Gasteiger partial charge in [0.05, 0.1) is 23.8 Å². The normalized spacial score (nSPS) is 19.9. The van der Waals surface area contributed by atoms with Crippen LogP contribution in [0.1, 0.15) is 12.8 Å². The number of methoxy groups -OCH3 is 1. The second-order valence-corrected chi connectivity index (χ2v) is 11.8. The Balaban J connectivity index is 1.49. The number of sulfonamides is 2. The average Bonchev–Trinajstić information content (AvgIpc) is 3.36. The Morgan fingerprint density at radius 1 is 1.09 bits per heavy atom. The number of anilines is 1. The van der Waals surface area contributed by atoms with Gasteiger partial charge in [-0.05, 0) is 43.2 Å².